The molecule has 0 aliphatic heterocycles. The summed E-state index contributed by atoms with van der Waals surface area (Å²) >= 11 is 5.09. The van der Waals surface area contributed by atoms with Crippen molar-refractivity contribution in [2.24, 2.45) is 5.73 Å². The van der Waals surface area contributed by atoms with E-state index in [0.717, 1.165) is 22.6 Å². The van der Waals surface area contributed by atoms with Gasteiger partial charge in [0.15, 0.2) is 5.82 Å². The molecule has 0 bridgehead atoms. The minimum Gasteiger partial charge on any atom is -0.389 e. The van der Waals surface area contributed by atoms with E-state index in [1.165, 1.54) is 0 Å². The SMILES string of the molecule is Cc1cc(NCCc2noc(C)n2)c(C(N)=S)c(C)n1. The van der Waals surface area contributed by atoms with Crippen molar-refractivity contribution in [3.8, 4) is 0 Å². The maximum atomic E-state index is 5.76. The molecule has 20 heavy (non-hydrogen) atoms. The van der Waals surface area contributed by atoms with E-state index in [1.807, 2.05) is 19.9 Å². The molecule has 3 N–H and O–H groups in total. The largest absolute Gasteiger partial charge is 0.389 e. The highest BCUT2D eigenvalue weighted by Gasteiger charge is 2.11. The summed E-state index contributed by atoms with van der Waals surface area (Å²) in [7, 11) is 0. The third-order valence-electron chi connectivity index (χ3n) is 2.81. The Kier molecular flexibility index (Phi) is 4.29. The normalized spacial score (nSPS) is 10.6. The molecule has 2 aromatic rings. The van der Waals surface area contributed by atoms with E-state index in [9.17, 15) is 0 Å². The molecule has 0 spiro atoms. The molecule has 0 radical (unpaired) electrons. The second-order valence-electron chi connectivity index (χ2n) is 4.54. The summed E-state index contributed by atoms with van der Waals surface area (Å²) in [5.74, 6) is 1.24. The molecule has 0 saturated carbocycles. The second kappa shape index (κ2) is 5.96. The molecule has 106 valence electrons. The third-order valence-corrected chi connectivity index (χ3v) is 3.01. The lowest BCUT2D eigenvalue weighted by atomic mass is 10.1. The van der Waals surface area contributed by atoms with Crippen LogP contribution in [-0.2, 0) is 6.42 Å². The van der Waals surface area contributed by atoms with E-state index >= 15 is 0 Å². The maximum Gasteiger partial charge on any atom is 0.223 e. The van der Waals surface area contributed by atoms with Crippen LogP contribution in [0.15, 0.2) is 10.6 Å². The van der Waals surface area contributed by atoms with Gasteiger partial charge in [0, 0.05) is 37.0 Å². The van der Waals surface area contributed by atoms with Gasteiger partial charge in [-0.15, -0.1) is 0 Å². The first-order valence-electron chi connectivity index (χ1n) is 6.28. The number of aryl methyl sites for hydroxylation is 3. The number of anilines is 1. The van der Waals surface area contributed by atoms with Crippen LogP contribution < -0.4 is 11.1 Å². The predicted octanol–water partition coefficient (Wildman–Crippen LogP) is 1.68. The van der Waals surface area contributed by atoms with Gasteiger partial charge in [0.2, 0.25) is 5.89 Å². The summed E-state index contributed by atoms with van der Waals surface area (Å²) < 4.78 is 4.93. The number of nitrogens with two attached hydrogens (primary N) is 1. The average molecular weight is 291 g/mol. The van der Waals surface area contributed by atoms with Gasteiger partial charge in [-0.3, -0.25) is 4.98 Å². The predicted molar refractivity (Wildman–Crippen MR) is 80.8 cm³/mol. The molecule has 0 unspecified atom stereocenters. The molecule has 6 nitrogen and oxygen atoms in total. The topological polar surface area (TPSA) is 89.9 Å². The molecule has 2 aromatic heterocycles. The lowest BCUT2D eigenvalue weighted by molar-refractivity contribution is 0.387. The van der Waals surface area contributed by atoms with E-state index in [0.29, 0.717) is 29.7 Å². The van der Waals surface area contributed by atoms with Crippen molar-refractivity contribution < 1.29 is 4.52 Å². The minimum absolute atomic E-state index is 0.341. The van der Waals surface area contributed by atoms with Crippen LogP contribution in [0.4, 0.5) is 5.69 Å². The van der Waals surface area contributed by atoms with Gasteiger partial charge >= 0.3 is 0 Å². The highest BCUT2D eigenvalue weighted by molar-refractivity contribution is 7.80. The quantitative estimate of drug-likeness (QED) is 0.810. The number of nitrogens with zero attached hydrogens (tertiary/aromatic N) is 3. The monoisotopic (exact) mass is 291 g/mol. The molecule has 2 rings (SSSR count). The fraction of sp³-hybridized carbons (Fsp3) is 0.385. The summed E-state index contributed by atoms with van der Waals surface area (Å²) in [5, 5.41) is 7.16. The lowest BCUT2D eigenvalue weighted by Crippen LogP contribution is -2.17. The molecule has 0 aliphatic rings. The minimum atomic E-state index is 0.341. The Labute approximate surface area is 122 Å². The van der Waals surface area contributed by atoms with Crippen LogP contribution in [0, 0.1) is 20.8 Å². The number of nitrogens with one attached hydrogen (secondary N) is 1. The Bertz CT molecular complexity index is 638. The lowest BCUT2D eigenvalue weighted by Gasteiger charge is -2.13. The van der Waals surface area contributed by atoms with Crippen molar-refractivity contribution in [3.63, 3.8) is 0 Å². The highest BCUT2D eigenvalue weighted by Crippen LogP contribution is 2.19. The zero-order chi connectivity index (χ0) is 14.7. The summed E-state index contributed by atoms with van der Waals surface area (Å²) in [5.41, 5.74) is 9.19. The third kappa shape index (κ3) is 3.30. The number of aromatic nitrogens is 3. The Morgan fingerprint density at radius 2 is 2.10 bits per heavy atom. The van der Waals surface area contributed by atoms with Gasteiger partial charge in [0.25, 0.3) is 0 Å². The number of hydrogen-bond acceptors (Lipinski definition) is 6. The Morgan fingerprint density at radius 3 is 2.70 bits per heavy atom. The first kappa shape index (κ1) is 14.4. The molecule has 0 atom stereocenters. The summed E-state index contributed by atoms with van der Waals surface area (Å²) in [4.78, 5) is 8.87. The van der Waals surface area contributed by atoms with E-state index in [-0.39, 0.29) is 0 Å². The van der Waals surface area contributed by atoms with E-state index in [4.69, 9.17) is 22.5 Å². The van der Waals surface area contributed by atoms with Crippen LogP contribution in [0.25, 0.3) is 0 Å². The molecule has 0 amide bonds. The van der Waals surface area contributed by atoms with E-state index in [1.54, 1.807) is 6.92 Å². The molecule has 0 aromatic carbocycles. The smallest absolute Gasteiger partial charge is 0.223 e. The van der Waals surface area contributed by atoms with E-state index < -0.39 is 0 Å². The number of thiocarbonyl (C=S) groups is 1. The number of rotatable bonds is 5. The van der Waals surface area contributed by atoms with Crippen molar-refractivity contribution >= 4 is 22.9 Å². The standard InChI is InChI=1S/C13H17N5OS/c1-7-6-10(12(13(14)20)8(2)16-7)15-5-4-11-17-9(3)19-18-11/h6H,4-5H2,1-3H3,(H2,14,20)(H,15,16). The number of pyridine rings is 1. The van der Waals surface area contributed by atoms with Crippen LogP contribution in [0.5, 0.6) is 0 Å². The van der Waals surface area contributed by atoms with Gasteiger partial charge in [0.05, 0.1) is 5.56 Å². The highest BCUT2D eigenvalue weighted by atomic mass is 32.1. The Hall–Kier alpha value is -2.02. The fourth-order valence-corrected chi connectivity index (χ4v) is 2.29. The first-order chi connectivity index (χ1) is 9.47. The van der Waals surface area contributed by atoms with Crippen LogP contribution in [0.2, 0.25) is 0 Å². The maximum absolute atomic E-state index is 5.76. The van der Waals surface area contributed by atoms with Gasteiger partial charge in [-0.05, 0) is 19.9 Å². The molecule has 2 heterocycles. The number of hydrogen-bond donors (Lipinski definition) is 2. The zero-order valence-electron chi connectivity index (χ0n) is 11.7. The fourth-order valence-electron chi connectivity index (χ4n) is 2.03. The van der Waals surface area contributed by atoms with Crippen molar-refractivity contribution in [1.29, 1.82) is 0 Å². The molecule has 7 heteroatoms. The van der Waals surface area contributed by atoms with Crippen LogP contribution in [0.3, 0.4) is 0 Å². The molecule has 0 fully saturated rings. The zero-order valence-corrected chi connectivity index (χ0v) is 12.5. The van der Waals surface area contributed by atoms with Crippen LogP contribution >= 0.6 is 12.2 Å². The Balaban J connectivity index is 2.10. The van der Waals surface area contributed by atoms with Crippen molar-refractivity contribution in [3.05, 3.63) is 34.7 Å². The van der Waals surface area contributed by atoms with Crippen molar-refractivity contribution in [1.82, 2.24) is 15.1 Å². The summed E-state index contributed by atoms with van der Waals surface area (Å²) in [6.07, 6.45) is 0.661. The molecule has 0 aliphatic carbocycles. The molecule has 0 saturated heterocycles. The summed E-state index contributed by atoms with van der Waals surface area (Å²) in [6, 6.07) is 1.93. The second-order valence-corrected chi connectivity index (χ2v) is 4.98. The van der Waals surface area contributed by atoms with Crippen molar-refractivity contribution in [2.45, 2.75) is 27.2 Å². The van der Waals surface area contributed by atoms with Gasteiger partial charge < -0.3 is 15.6 Å². The molecular formula is C13H17N5OS. The van der Waals surface area contributed by atoms with Gasteiger partial charge in [-0.25, -0.2) is 0 Å². The van der Waals surface area contributed by atoms with Gasteiger partial charge in [0.1, 0.15) is 4.99 Å². The van der Waals surface area contributed by atoms with Gasteiger partial charge in [-0.1, -0.05) is 17.4 Å². The average Bonchev–Trinajstić information content (AvgIpc) is 2.73. The molecular weight excluding hydrogens is 274 g/mol. The van der Waals surface area contributed by atoms with Crippen LogP contribution in [-0.4, -0.2) is 26.7 Å². The van der Waals surface area contributed by atoms with Gasteiger partial charge in [-0.2, -0.15) is 4.98 Å². The van der Waals surface area contributed by atoms with E-state index in [2.05, 4.69) is 20.4 Å². The van der Waals surface area contributed by atoms with Crippen molar-refractivity contribution in [2.75, 3.05) is 11.9 Å². The Morgan fingerprint density at radius 1 is 1.35 bits per heavy atom. The van der Waals surface area contributed by atoms with Crippen LogP contribution in [0.1, 0.15) is 28.7 Å². The summed E-state index contributed by atoms with van der Waals surface area (Å²) in [6.45, 7) is 6.27. The first-order valence-corrected chi connectivity index (χ1v) is 6.69.